The Bertz CT molecular complexity index is 414. The molecule has 0 unspecified atom stereocenters. The highest BCUT2D eigenvalue weighted by molar-refractivity contribution is 6.30. The number of aromatic hydroxyl groups is 1. The molecule has 1 rings (SSSR count). The van der Waals surface area contributed by atoms with Crippen LogP contribution in [0.15, 0.2) is 18.2 Å². The van der Waals surface area contributed by atoms with Crippen LogP contribution in [-0.4, -0.2) is 16.6 Å². The van der Waals surface area contributed by atoms with Crippen LogP contribution in [-0.2, 0) is 0 Å². The van der Waals surface area contributed by atoms with Crippen molar-refractivity contribution in [3.05, 3.63) is 28.8 Å². The Hall–Kier alpha value is -1.22. The van der Waals surface area contributed by atoms with E-state index < -0.39 is 0 Å². The molecule has 4 heteroatoms. The number of rotatable bonds is 4. The van der Waals surface area contributed by atoms with Crippen LogP contribution in [0.2, 0.25) is 5.02 Å². The number of hydrogen-bond acceptors (Lipinski definition) is 2. The molecule has 2 N–H and O–H groups in total. The molecule has 0 aliphatic carbocycles. The molecule has 0 saturated heterocycles. The lowest BCUT2D eigenvalue weighted by molar-refractivity contribution is 0.0898. The largest absolute Gasteiger partial charge is 0.507 e. The van der Waals surface area contributed by atoms with E-state index in [9.17, 15) is 9.90 Å². The zero-order valence-electron chi connectivity index (χ0n) is 10.4. The second-order valence-electron chi connectivity index (χ2n) is 4.38. The van der Waals surface area contributed by atoms with Crippen LogP contribution < -0.4 is 5.32 Å². The summed E-state index contributed by atoms with van der Waals surface area (Å²) < 4.78 is 0. The van der Waals surface area contributed by atoms with E-state index in [1.807, 2.05) is 20.8 Å². The Morgan fingerprint density at radius 2 is 2.00 bits per heavy atom. The van der Waals surface area contributed by atoms with Crippen molar-refractivity contribution in [1.29, 1.82) is 0 Å². The Labute approximate surface area is 107 Å². The predicted molar refractivity (Wildman–Crippen MR) is 69.6 cm³/mol. The molecule has 1 amide bonds. The summed E-state index contributed by atoms with van der Waals surface area (Å²) in [6.45, 7) is 6.02. The fraction of sp³-hybridized carbons (Fsp3) is 0.462. The van der Waals surface area contributed by atoms with Gasteiger partial charge in [-0.3, -0.25) is 4.79 Å². The van der Waals surface area contributed by atoms with Gasteiger partial charge in [0, 0.05) is 10.6 Å². The Morgan fingerprint density at radius 3 is 2.47 bits per heavy atom. The molecule has 3 nitrogen and oxygen atoms in total. The summed E-state index contributed by atoms with van der Waals surface area (Å²) in [4.78, 5) is 12.0. The number of phenols is 1. The standard InChI is InChI=1S/C13H18ClNO2/c1-4-13(3,5-2)15-12(17)10-7-6-9(14)8-11(10)16/h6-8,16H,4-5H2,1-3H3,(H,15,17). The number of nitrogens with one attached hydrogen (secondary N) is 1. The molecule has 0 aliphatic heterocycles. The van der Waals surface area contributed by atoms with Crippen molar-refractivity contribution in [2.24, 2.45) is 0 Å². The van der Waals surface area contributed by atoms with E-state index in [0.717, 1.165) is 12.8 Å². The number of benzene rings is 1. The highest BCUT2D eigenvalue weighted by atomic mass is 35.5. The monoisotopic (exact) mass is 255 g/mol. The van der Waals surface area contributed by atoms with Crippen LogP contribution in [0.25, 0.3) is 0 Å². The summed E-state index contributed by atoms with van der Waals surface area (Å²) in [5, 5.41) is 13.0. The first kappa shape index (κ1) is 13.8. The molecule has 0 radical (unpaired) electrons. The van der Waals surface area contributed by atoms with E-state index in [0.29, 0.717) is 5.02 Å². The van der Waals surface area contributed by atoms with E-state index in [2.05, 4.69) is 5.32 Å². The van der Waals surface area contributed by atoms with E-state index in [1.54, 1.807) is 6.07 Å². The number of halogens is 1. The zero-order valence-corrected chi connectivity index (χ0v) is 11.1. The normalized spacial score (nSPS) is 11.3. The molecule has 0 aromatic heterocycles. The van der Waals surface area contributed by atoms with Gasteiger partial charge < -0.3 is 10.4 Å². The van der Waals surface area contributed by atoms with Crippen molar-refractivity contribution in [2.45, 2.75) is 39.2 Å². The topological polar surface area (TPSA) is 49.3 Å². The lowest BCUT2D eigenvalue weighted by atomic mass is 9.95. The van der Waals surface area contributed by atoms with Gasteiger partial charge in [0.15, 0.2) is 0 Å². The number of hydrogen-bond donors (Lipinski definition) is 2. The van der Waals surface area contributed by atoms with Crippen molar-refractivity contribution in [3.8, 4) is 5.75 Å². The number of amides is 1. The lowest BCUT2D eigenvalue weighted by Gasteiger charge is -2.28. The smallest absolute Gasteiger partial charge is 0.255 e. The van der Waals surface area contributed by atoms with Crippen LogP contribution in [0.1, 0.15) is 44.0 Å². The minimum absolute atomic E-state index is 0.0930. The maximum Gasteiger partial charge on any atom is 0.255 e. The highest BCUT2D eigenvalue weighted by Gasteiger charge is 2.23. The Kier molecular flexibility index (Phi) is 4.40. The summed E-state index contributed by atoms with van der Waals surface area (Å²) in [6.07, 6.45) is 1.67. The highest BCUT2D eigenvalue weighted by Crippen LogP contribution is 2.23. The van der Waals surface area contributed by atoms with Gasteiger partial charge in [-0.2, -0.15) is 0 Å². The van der Waals surface area contributed by atoms with Crippen LogP contribution in [0.4, 0.5) is 0 Å². The summed E-state index contributed by atoms with van der Waals surface area (Å²) in [7, 11) is 0. The molecule has 0 aliphatic rings. The minimum Gasteiger partial charge on any atom is -0.507 e. The molecule has 0 fully saturated rings. The fourth-order valence-corrected chi connectivity index (χ4v) is 1.63. The first-order chi connectivity index (χ1) is 7.91. The van der Waals surface area contributed by atoms with Crippen LogP contribution in [0.3, 0.4) is 0 Å². The average Bonchev–Trinajstić information content (AvgIpc) is 2.28. The van der Waals surface area contributed by atoms with Crippen molar-refractivity contribution in [3.63, 3.8) is 0 Å². The molecular weight excluding hydrogens is 238 g/mol. The Morgan fingerprint density at radius 1 is 1.41 bits per heavy atom. The summed E-state index contributed by atoms with van der Waals surface area (Å²) >= 11 is 5.72. The van der Waals surface area contributed by atoms with Gasteiger partial charge in [-0.15, -0.1) is 0 Å². The van der Waals surface area contributed by atoms with Crippen molar-refractivity contribution in [1.82, 2.24) is 5.32 Å². The third-order valence-corrected chi connectivity index (χ3v) is 3.42. The van der Waals surface area contributed by atoms with E-state index in [1.165, 1.54) is 12.1 Å². The lowest BCUT2D eigenvalue weighted by Crippen LogP contribution is -2.44. The van der Waals surface area contributed by atoms with Crippen molar-refractivity contribution < 1.29 is 9.90 Å². The van der Waals surface area contributed by atoms with Crippen molar-refractivity contribution in [2.75, 3.05) is 0 Å². The number of phenolic OH excluding ortho intramolecular Hbond substituents is 1. The molecule has 0 bridgehead atoms. The van der Waals surface area contributed by atoms with Crippen LogP contribution in [0, 0.1) is 0 Å². The molecule has 17 heavy (non-hydrogen) atoms. The number of carbonyl (C=O) groups excluding carboxylic acids is 1. The molecular formula is C13H18ClNO2. The maximum atomic E-state index is 12.0. The van der Waals surface area contributed by atoms with E-state index in [4.69, 9.17) is 11.6 Å². The van der Waals surface area contributed by atoms with Gasteiger partial charge in [-0.05, 0) is 38.0 Å². The van der Waals surface area contributed by atoms with Gasteiger partial charge in [0.05, 0.1) is 5.56 Å². The second-order valence-corrected chi connectivity index (χ2v) is 4.82. The van der Waals surface area contributed by atoms with Crippen molar-refractivity contribution >= 4 is 17.5 Å². The van der Waals surface area contributed by atoms with E-state index in [-0.39, 0.29) is 22.8 Å². The molecule has 0 heterocycles. The first-order valence-corrected chi connectivity index (χ1v) is 6.10. The summed E-state index contributed by atoms with van der Waals surface area (Å²) in [6, 6.07) is 4.48. The van der Waals surface area contributed by atoms with Gasteiger partial charge in [-0.25, -0.2) is 0 Å². The maximum absolute atomic E-state index is 12.0. The van der Waals surface area contributed by atoms with Gasteiger partial charge in [0.25, 0.3) is 5.91 Å². The molecule has 0 spiro atoms. The van der Waals surface area contributed by atoms with Gasteiger partial charge in [0.1, 0.15) is 5.75 Å². The summed E-state index contributed by atoms with van der Waals surface area (Å²) in [5.74, 6) is -0.366. The summed E-state index contributed by atoms with van der Waals surface area (Å²) in [5.41, 5.74) is 0.00547. The van der Waals surface area contributed by atoms with Gasteiger partial charge >= 0.3 is 0 Å². The van der Waals surface area contributed by atoms with Crippen LogP contribution >= 0.6 is 11.6 Å². The van der Waals surface area contributed by atoms with Crippen LogP contribution in [0.5, 0.6) is 5.75 Å². The molecule has 94 valence electrons. The third-order valence-electron chi connectivity index (χ3n) is 3.18. The molecule has 0 saturated carbocycles. The Balaban J connectivity index is 2.90. The first-order valence-electron chi connectivity index (χ1n) is 5.73. The predicted octanol–water partition coefficient (Wildman–Crippen LogP) is 3.35. The molecule has 1 aromatic carbocycles. The SMILES string of the molecule is CCC(C)(CC)NC(=O)c1ccc(Cl)cc1O. The number of carbonyl (C=O) groups is 1. The minimum atomic E-state index is -0.273. The molecule has 1 aromatic rings. The quantitative estimate of drug-likeness (QED) is 0.867. The second kappa shape index (κ2) is 5.41. The molecule has 0 atom stereocenters. The van der Waals surface area contributed by atoms with Gasteiger partial charge in [-0.1, -0.05) is 25.4 Å². The average molecular weight is 256 g/mol. The van der Waals surface area contributed by atoms with E-state index >= 15 is 0 Å². The van der Waals surface area contributed by atoms with Gasteiger partial charge in [0.2, 0.25) is 0 Å². The zero-order chi connectivity index (χ0) is 13.1. The fourth-order valence-electron chi connectivity index (χ4n) is 1.47. The third kappa shape index (κ3) is 3.37.